The van der Waals surface area contributed by atoms with E-state index in [1.807, 2.05) is 0 Å². The van der Waals surface area contributed by atoms with Crippen molar-refractivity contribution in [1.82, 2.24) is 14.1 Å². The molecule has 0 fully saturated rings. The Morgan fingerprint density at radius 3 is 2.74 bits per heavy atom. The number of pyridine rings is 1. The molecule has 1 amide bonds. The fourth-order valence-electron chi connectivity index (χ4n) is 3.84. The normalized spacial score (nSPS) is 12.0. The van der Waals surface area contributed by atoms with E-state index in [9.17, 15) is 14.4 Å². The number of anilines is 1. The number of fused-ring (bicyclic) bond motifs is 2. The lowest BCUT2D eigenvalue weighted by atomic mass is 10.2. The fraction of sp³-hybridized carbons (Fsp3) is 0.167. The third-order valence-corrected chi connectivity index (χ3v) is 5.45. The molecule has 0 atom stereocenters. The Labute approximate surface area is 193 Å². The van der Waals surface area contributed by atoms with Gasteiger partial charge in [-0.15, -0.1) is 0 Å². The van der Waals surface area contributed by atoms with E-state index in [4.69, 9.17) is 14.2 Å². The van der Waals surface area contributed by atoms with E-state index in [1.54, 1.807) is 54.6 Å². The lowest BCUT2D eigenvalue weighted by Gasteiger charge is -2.15. The van der Waals surface area contributed by atoms with Crippen LogP contribution in [0.1, 0.15) is 5.56 Å². The molecule has 0 bridgehead atoms. The number of nitrogens with zero attached hydrogens (tertiary/aromatic N) is 3. The second-order valence-electron chi connectivity index (χ2n) is 7.57. The van der Waals surface area contributed by atoms with Crippen LogP contribution in [0, 0.1) is 0 Å². The number of carbonyl (C=O) groups excluding carboxylic acids is 1. The van der Waals surface area contributed by atoms with Crippen molar-refractivity contribution in [2.75, 3.05) is 19.2 Å². The summed E-state index contributed by atoms with van der Waals surface area (Å²) in [5.41, 5.74) is 0.337. The summed E-state index contributed by atoms with van der Waals surface area (Å²) in [5, 5.41) is 2.75. The summed E-state index contributed by atoms with van der Waals surface area (Å²) in [6.45, 7) is -0.220. The van der Waals surface area contributed by atoms with E-state index in [1.165, 1.54) is 17.9 Å². The Bertz CT molecular complexity index is 1520. The Hall–Kier alpha value is -4.60. The lowest BCUT2D eigenvalue weighted by Crippen LogP contribution is -2.42. The third kappa shape index (κ3) is 3.85. The van der Waals surface area contributed by atoms with E-state index in [2.05, 4.69) is 10.3 Å². The van der Waals surface area contributed by atoms with Gasteiger partial charge in [-0.05, 0) is 42.0 Å². The molecule has 34 heavy (non-hydrogen) atoms. The van der Waals surface area contributed by atoms with Crippen LogP contribution in [0.25, 0.3) is 11.0 Å². The summed E-state index contributed by atoms with van der Waals surface area (Å²) < 4.78 is 18.3. The number of nitrogens with one attached hydrogen (secondary N) is 1. The summed E-state index contributed by atoms with van der Waals surface area (Å²) in [5.74, 6) is 1.18. The molecule has 1 aliphatic rings. The summed E-state index contributed by atoms with van der Waals surface area (Å²) in [6.07, 6.45) is 1.47. The molecule has 2 aromatic carbocycles. The van der Waals surface area contributed by atoms with Gasteiger partial charge in [-0.25, -0.2) is 9.78 Å². The van der Waals surface area contributed by atoms with Gasteiger partial charge in [-0.3, -0.25) is 18.7 Å². The van der Waals surface area contributed by atoms with Crippen LogP contribution < -0.4 is 30.8 Å². The van der Waals surface area contributed by atoms with Crippen LogP contribution in [0.5, 0.6) is 17.2 Å². The van der Waals surface area contributed by atoms with E-state index >= 15 is 0 Å². The average molecular weight is 460 g/mol. The van der Waals surface area contributed by atoms with Crippen molar-refractivity contribution in [3.8, 4) is 17.2 Å². The van der Waals surface area contributed by atoms with E-state index in [0.29, 0.717) is 28.5 Å². The molecule has 1 N–H and O–H groups in total. The molecule has 2 aromatic heterocycles. The quantitative estimate of drug-likeness (QED) is 0.468. The van der Waals surface area contributed by atoms with Gasteiger partial charge in [0.1, 0.15) is 12.3 Å². The molecule has 5 rings (SSSR count). The first kappa shape index (κ1) is 21.3. The number of hydrogen-bond donors (Lipinski definition) is 1. The Morgan fingerprint density at radius 1 is 1.06 bits per heavy atom. The molecule has 0 aliphatic carbocycles. The topological polar surface area (TPSA) is 114 Å². The number of aromatic nitrogens is 3. The van der Waals surface area contributed by atoms with Gasteiger partial charge in [0.25, 0.3) is 5.56 Å². The number of carbonyl (C=O) groups is 1. The third-order valence-electron chi connectivity index (χ3n) is 5.45. The van der Waals surface area contributed by atoms with Crippen molar-refractivity contribution < 1.29 is 19.0 Å². The Morgan fingerprint density at radius 2 is 1.88 bits per heavy atom. The molecule has 0 unspecified atom stereocenters. The van der Waals surface area contributed by atoms with Crippen molar-refractivity contribution >= 4 is 22.6 Å². The van der Waals surface area contributed by atoms with Crippen LogP contribution in [0.3, 0.4) is 0 Å². The summed E-state index contributed by atoms with van der Waals surface area (Å²) in [7, 11) is 1.50. The minimum absolute atomic E-state index is 0.0189. The second kappa shape index (κ2) is 8.74. The first-order valence-electron chi connectivity index (χ1n) is 10.4. The molecule has 10 nitrogen and oxygen atoms in total. The van der Waals surface area contributed by atoms with Gasteiger partial charge in [0.2, 0.25) is 12.7 Å². The first-order chi connectivity index (χ1) is 16.5. The zero-order valence-corrected chi connectivity index (χ0v) is 18.2. The highest BCUT2D eigenvalue weighted by Gasteiger charge is 2.19. The van der Waals surface area contributed by atoms with Crippen LogP contribution in [0.2, 0.25) is 0 Å². The number of methoxy groups -OCH3 is 1. The minimum atomic E-state index is -0.627. The SMILES string of the molecule is COc1ccccc1NC(=O)Cn1c(=O)n(Cc2ccc3c(c2)OCO3)c(=O)c2ncccc21. The second-order valence-corrected chi connectivity index (χ2v) is 7.57. The molecule has 10 heteroatoms. The van der Waals surface area contributed by atoms with Crippen LogP contribution in [0.4, 0.5) is 5.69 Å². The van der Waals surface area contributed by atoms with Crippen molar-refractivity contribution in [1.29, 1.82) is 0 Å². The van der Waals surface area contributed by atoms with Gasteiger partial charge in [-0.2, -0.15) is 0 Å². The smallest absolute Gasteiger partial charge is 0.332 e. The Balaban J connectivity index is 1.53. The fourth-order valence-corrected chi connectivity index (χ4v) is 3.84. The van der Waals surface area contributed by atoms with Gasteiger partial charge in [0.15, 0.2) is 17.0 Å². The number of hydrogen-bond acceptors (Lipinski definition) is 7. The first-order valence-corrected chi connectivity index (χ1v) is 10.4. The van der Waals surface area contributed by atoms with Crippen LogP contribution in [0.15, 0.2) is 70.4 Å². The molecule has 0 saturated carbocycles. The zero-order valence-electron chi connectivity index (χ0n) is 18.2. The van der Waals surface area contributed by atoms with Crippen molar-refractivity contribution in [3.63, 3.8) is 0 Å². The summed E-state index contributed by atoms with van der Waals surface area (Å²) in [6, 6.07) is 15.3. The monoisotopic (exact) mass is 460 g/mol. The molecular weight excluding hydrogens is 440 g/mol. The molecule has 0 radical (unpaired) electrons. The molecular formula is C24H20N4O6. The molecule has 1 aliphatic heterocycles. The van der Waals surface area contributed by atoms with E-state index < -0.39 is 17.2 Å². The molecule has 0 spiro atoms. The maximum absolute atomic E-state index is 13.4. The molecule has 3 heterocycles. The van der Waals surface area contributed by atoms with Gasteiger partial charge >= 0.3 is 5.69 Å². The number of benzene rings is 2. The zero-order chi connectivity index (χ0) is 23.7. The van der Waals surface area contributed by atoms with Gasteiger partial charge in [0.05, 0.1) is 24.9 Å². The number of ether oxygens (including phenoxy) is 3. The molecule has 0 saturated heterocycles. The lowest BCUT2D eigenvalue weighted by molar-refractivity contribution is -0.116. The Kier molecular flexibility index (Phi) is 5.46. The number of rotatable bonds is 6. The number of para-hydroxylation sites is 2. The maximum atomic E-state index is 13.4. The summed E-state index contributed by atoms with van der Waals surface area (Å²) >= 11 is 0. The highest BCUT2D eigenvalue weighted by molar-refractivity contribution is 5.92. The van der Waals surface area contributed by atoms with Crippen molar-refractivity contribution in [3.05, 3.63) is 87.2 Å². The van der Waals surface area contributed by atoms with Gasteiger partial charge in [-0.1, -0.05) is 18.2 Å². The maximum Gasteiger partial charge on any atom is 0.332 e. The van der Waals surface area contributed by atoms with Crippen molar-refractivity contribution in [2.45, 2.75) is 13.1 Å². The standard InChI is InChI=1S/C24H20N4O6/c1-32-18-7-3-2-5-16(18)26-21(29)13-27-17-6-4-10-25-22(17)23(30)28(24(27)31)12-15-8-9-19-20(11-15)34-14-33-19/h2-11H,12-14H2,1H3,(H,26,29). The highest BCUT2D eigenvalue weighted by atomic mass is 16.7. The molecule has 172 valence electrons. The average Bonchev–Trinajstić information content (AvgIpc) is 3.33. The van der Waals surface area contributed by atoms with Crippen LogP contribution in [-0.4, -0.2) is 33.9 Å². The highest BCUT2D eigenvalue weighted by Crippen LogP contribution is 2.32. The van der Waals surface area contributed by atoms with Crippen molar-refractivity contribution in [2.24, 2.45) is 0 Å². The van der Waals surface area contributed by atoms with Crippen LogP contribution >= 0.6 is 0 Å². The van der Waals surface area contributed by atoms with E-state index in [0.717, 1.165) is 4.57 Å². The summed E-state index contributed by atoms with van der Waals surface area (Å²) in [4.78, 5) is 43.5. The van der Waals surface area contributed by atoms with E-state index in [-0.39, 0.29) is 30.9 Å². The van der Waals surface area contributed by atoms with Crippen LogP contribution in [-0.2, 0) is 17.9 Å². The predicted molar refractivity (Wildman–Crippen MR) is 124 cm³/mol. The number of amides is 1. The van der Waals surface area contributed by atoms with Gasteiger partial charge < -0.3 is 19.5 Å². The largest absolute Gasteiger partial charge is 0.495 e. The predicted octanol–water partition coefficient (Wildman–Crippen LogP) is 1.98. The van der Waals surface area contributed by atoms with Gasteiger partial charge in [0, 0.05) is 6.20 Å². The molecule has 4 aromatic rings. The minimum Gasteiger partial charge on any atom is -0.495 e.